The Morgan fingerprint density at radius 1 is 0.390 bits per heavy atom. The number of nitrogens with zero attached hydrogens (tertiary/aromatic N) is 2. The lowest BCUT2D eigenvalue weighted by Gasteiger charge is -2.34. The van der Waals surface area contributed by atoms with Gasteiger partial charge >= 0.3 is 0 Å². The van der Waals surface area contributed by atoms with Crippen LogP contribution in [-0.2, 0) is 5.41 Å². The van der Waals surface area contributed by atoms with E-state index in [9.17, 15) is 0 Å². The predicted octanol–water partition coefficient (Wildman–Crippen LogP) is 14.5. The summed E-state index contributed by atoms with van der Waals surface area (Å²) >= 11 is 0. The van der Waals surface area contributed by atoms with E-state index in [1.54, 1.807) is 0 Å². The van der Waals surface area contributed by atoms with Gasteiger partial charge in [0.25, 0.3) is 0 Å². The van der Waals surface area contributed by atoms with E-state index in [1.807, 2.05) is 6.20 Å². The van der Waals surface area contributed by atoms with E-state index in [1.165, 1.54) is 99.4 Å². The van der Waals surface area contributed by atoms with Gasteiger partial charge in [-0.15, -0.1) is 0 Å². The molecule has 0 saturated carbocycles. The summed E-state index contributed by atoms with van der Waals surface area (Å²) in [6.07, 6.45) is 1.97. The van der Waals surface area contributed by atoms with Crippen LogP contribution in [0.2, 0.25) is 0 Å². The van der Waals surface area contributed by atoms with Gasteiger partial charge in [0.15, 0.2) is 0 Å². The normalized spacial score (nSPS) is 12.9. The number of pyridine rings is 2. The molecule has 59 heavy (non-hydrogen) atoms. The minimum atomic E-state index is -0.419. The van der Waals surface area contributed by atoms with Crippen LogP contribution in [0.3, 0.4) is 0 Å². The van der Waals surface area contributed by atoms with Crippen molar-refractivity contribution in [3.8, 4) is 44.6 Å². The second-order valence-electron chi connectivity index (χ2n) is 16.3. The zero-order chi connectivity index (χ0) is 39.8. The van der Waals surface area contributed by atoms with E-state index in [-0.39, 0.29) is 0 Å². The Labute approximate surface area is 345 Å². The summed E-state index contributed by atoms with van der Waals surface area (Å²) in [5, 5.41) is 4.78. The Balaban J connectivity index is 0.954. The highest BCUT2D eigenvalue weighted by molar-refractivity contribution is 6.06. The third-order valence-electron chi connectivity index (χ3n) is 13.2. The van der Waals surface area contributed by atoms with Gasteiger partial charge in [-0.25, -0.2) is 4.98 Å². The summed E-state index contributed by atoms with van der Waals surface area (Å²) < 4.78 is 0. The first-order chi connectivity index (χ1) is 28.9. The Kier molecular flexibility index (Phi) is 8.00. The molecular weight excluding hydrogens is 713 g/mol. The second-order valence-corrected chi connectivity index (χ2v) is 16.3. The van der Waals surface area contributed by atoms with Crippen LogP contribution in [0.5, 0.6) is 0 Å². The van der Waals surface area contributed by atoms with Gasteiger partial charge in [0.05, 0.1) is 22.1 Å². The van der Waals surface area contributed by atoms with Crippen LogP contribution < -0.4 is 0 Å². The molecule has 2 heterocycles. The molecule has 2 nitrogen and oxygen atoms in total. The number of aromatic nitrogens is 2. The molecule has 1 aliphatic carbocycles. The molecule has 0 spiro atoms. The van der Waals surface area contributed by atoms with E-state index in [2.05, 4.69) is 204 Å². The van der Waals surface area contributed by atoms with Crippen LogP contribution in [0.1, 0.15) is 44.5 Å². The van der Waals surface area contributed by atoms with E-state index >= 15 is 0 Å². The maximum absolute atomic E-state index is 5.29. The largest absolute Gasteiger partial charge is 0.254 e. The molecule has 2 heteroatoms. The fraction of sp³-hybridized carbons (Fsp3) is 0.0877. The third-order valence-corrected chi connectivity index (χ3v) is 13.2. The van der Waals surface area contributed by atoms with E-state index in [0.717, 1.165) is 22.3 Å². The van der Waals surface area contributed by atoms with Crippen molar-refractivity contribution in [3.63, 3.8) is 0 Å². The predicted molar refractivity (Wildman–Crippen MR) is 247 cm³/mol. The van der Waals surface area contributed by atoms with Crippen molar-refractivity contribution in [3.05, 3.63) is 227 Å². The van der Waals surface area contributed by atoms with Crippen molar-refractivity contribution in [2.45, 2.75) is 33.1 Å². The van der Waals surface area contributed by atoms with Crippen molar-refractivity contribution in [2.24, 2.45) is 0 Å². The van der Waals surface area contributed by atoms with Crippen molar-refractivity contribution in [2.75, 3.05) is 0 Å². The van der Waals surface area contributed by atoms with E-state index < -0.39 is 5.41 Å². The van der Waals surface area contributed by atoms with Gasteiger partial charge < -0.3 is 0 Å². The highest BCUT2D eigenvalue weighted by Gasteiger charge is 2.46. The van der Waals surface area contributed by atoms with E-state index in [4.69, 9.17) is 9.97 Å². The molecule has 0 unspecified atom stereocenters. The van der Waals surface area contributed by atoms with Gasteiger partial charge in [-0.2, -0.15) is 0 Å². The zero-order valence-electron chi connectivity index (χ0n) is 33.7. The maximum atomic E-state index is 5.29. The average molecular weight is 755 g/mol. The second kappa shape index (κ2) is 13.5. The summed E-state index contributed by atoms with van der Waals surface area (Å²) in [6.45, 7) is 8.69. The first-order valence-electron chi connectivity index (χ1n) is 20.6. The van der Waals surface area contributed by atoms with Crippen molar-refractivity contribution in [1.82, 2.24) is 9.97 Å². The van der Waals surface area contributed by atoms with E-state index in [0.29, 0.717) is 0 Å². The Hall–Kier alpha value is -7.16. The average Bonchev–Trinajstić information content (AvgIpc) is 3.59. The molecule has 0 radical (unpaired) electrons. The molecule has 0 bridgehead atoms. The van der Waals surface area contributed by atoms with Gasteiger partial charge in [-0.3, -0.25) is 4.98 Å². The molecule has 280 valence electrons. The fourth-order valence-corrected chi connectivity index (χ4v) is 9.81. The van der Waals surface area contributed by atoms with Gasteiger partial charge in [0.1, 0.15) is 0 Å². The van der Waals surface area contributed by atoms with Gasteiger partial charge in [-0.1, -0.05) is 158 Å². The molecule has 0 atom stereocenters. The Morgan fingerprint density at radius 2 is 0.915 bits per heavy atom. The number of hydrogen-bond donors (Lipinski definition) is 0. The number of rotatable bonds is 5. The number of hydrogen-bond acceptors (Lipinski definition) is 2. The summed E-state index contributed by atoms with van der Waals surface area (Å²) in [6, 6.07) is 65.1. The van der Waals surface area contributed by atoms with Gasteiger partial charge in [-0.05, 0) is 135 Å². The Bertz CT molecular complexity index is 3250. The molecule has 0 aliphatic heterocycles. The van der Waals surface area contributed by atoms with Crippen LogP contribution in [0.15, 0.2) is 182 Å². The first kappa shape index (κ1) is 35.0. The van der Waals surface area contributed by atoms with Crippen molar-refractivity contribution >= 4 is 32.6 Å². The van der Waals surface area contributed by atoms with Gasteiger partial charge in [0.2, 0.25) is 0 Å². The summed E-state index contributed by atoms with van der Waals surface area (Å²) in [7, 11) is 0. The standard InChI is InChI=1S/C57H42N2/c1-35-34-58-55-48(36(35)2)29-30-49-37(3)38(4)54(59-56(49)55)40-21-19-39(20-22-40)41-23-24-43-32-44(26-25-42(43)31-41)45-27-28-51-50-17-11-12-18-52(50)57(53(51)33-45,46-13-7-5-8-14-46)47-15-9-6-10-16-47/h5-34H,1-4H3. The minimum Gasteiger partial charge on any atom is -0.254 e. The zero-order valence-corrected chi connectivity index (χ0v) is 33.7. The topological polar surface area (TPSA) is 25.8 Å². The number of fused-ring (bicyclic) bond motifs is 7. The summed E-state index contributed by atoms with van der Waals surface area (Å²) in [4.78, 5) is 10.2. The monoisotopic (exact) mass is 754 g/mol. The molecule has 0 N–H and O–H groups in total. The van der Waals surface area contributed by atoms with Crippen LogP contribution in [0.4, 0.5) is 0 Å². The minimum absolute atomic E-state index is 0.419. The molecule has 0 amide bonds. The van der Waals surface area contributed by atoms with Crippen molar-refractivity contribution < 1.29 is 0 Å². The first-order valence-corrected chi connectivity index (χ1v) is 20.6. The van der Waals surface area contributed by atoms with Crippen LogP contribution in [0.25, 0.3) is 77.2 Å². The van der Waals surface area contributed by atoms with Crippen LogP contribution >= 0.6 is 0 Å². The lowest BCUT2D eigenvalue weighted by molar-refractivity contribution is 0.769. The van der Waals surface area contributed by atoms with Crippen LogP contribution in [-0.4, -0.2) is 9.97 Å². The molecule has 0 fully saturated rings. The molecule has 11 rings (SSSR count). The highest BCUT2D eigenvalue weighted by Crippen LogP contribution is 2.56. The summed E-state index contributed by atoms with van der Waals surface area (Å²) in [5.41, 5.74) is 21.2. The lowest BCUT2D eigenvalue weighted by Crippen LogP contribution is -2.28. The molecule has 8 aromatic carbocycles. The highest BCUT2D eigenvalue weighted by atomic mass is 14.8. The third kappa shape index (κ3) is 5.33. The van der Waals surface area contributed by atoms with Crippen LogP contribution in [0, 0.1) is 27.7 Å². The SMILES string of the molecule is Cc1cnc2c(ccc3c(C)c(C)c(-c4ccc(-c5ccc6cc(-c7ccc8c(c7)C(c7ccccc7)(c7ccccc7)c7ccccc7-8)ccc6c5)cc4)nc32)c1C. The Morgan fingerprint density at radius 3 is 1.59 bits per heavy atom. The van der Waals surface area contributed by atoms with Crippen molar-refractivity contribution in [1.29, 1.82) is 0 Å². The summed E-state index contributed by atoms with van der Waals surface area (Å²) in [5.74, 6) is 0. The molecule has 2 aromatic heterocycles. The fourth-order valence-electron chi connectivity index (χ4n) is 9.81. The molecule has 0 saturated heterocycles. The molecular formula is C57H42N2. The lowest BCUT2D eigenvalue weighted by atomic mass is 9.67. The van der Waals surface area contributed by atoms with Gasteiger partial charge in [0, 0.05) is 22.5 Å². The number of aryl methyl sites for hydroxylation is 3. The molecule has 1 aliphatic rings. The maximum Gasteiger partial charge on any atom is 0.0975 e. The molecule has 10 aromatic rings. The smallest absolute Gasteiger partial charge is 0.0975 e. The quantitative estimate of drug-likeness (QED) is 0.164. The number of benzene rings is 8.